The smallest absolute Gasteiger partial charge is 0.251 e. The van der Waals surface area contributed by atoms with Crippen molar-refractivity contribution in [1.82, 2.24) is 4.90 Å². The second-order valence-electron chi connectivity index (χ2n) is 6.71. The number of anilines is 1. The molecule has 0 radical (unpaired) electrons. The van der Waals surface area contributed by atoms with E-state index in [2.05, 4.69) is 11.8 Å². The molecule has 2 saturated heterocycles. The largest absolute Gasteiger partial charge is 0.396 e. The lowest BCUT2D eigenvalue weighted by Gasteiger charge is -2.38. The molecule has 2 aliphatic rings. The number of likely N-dealkylation sites (tertiary alicyclic amines) is 1. The van der Waals surface area contributed by atoms with Gasteiger partial charge in [-0.05, 0) is 49.9 Å². The Morgan fingerprint density at radius 2 is 1.92 bits per heavy atom. The zero-order valence-corrected chi connectivity index (χ0v) is 14.3. The predicted molar refractivity (Wildman–Crippen MR) is 92.8 cm³/mol. The Labute approximate surface area is 143 Å². The van der Waals surface area contributed by atoms with Crippen LogP contribution in [-0.4, -0.2) is 47.1 Å². The lowest BCUT2D eigenvalue weighted by Crippen LogP contribution is -2.50. The highest BCUT2D eigenvalue weighted by atomic mass is 16.3. The van der Waals surface area contributed by atoms with Crippen molar-refractivity contribution in [2.75, 3.05) is 18.1 Å². The van der Waals surface area contributed by atoms with E-state index in [0.29, 0.717) is 12.1 Å². The van der Waals surface area contributed by atoms with Crippen LogP contribution in [0.5, 0.6) is 0 Å². The monoisotopic (exact) mass is 330 g/mol. The molecule has 24 heavy (non-hydrogen) atoms. The third kappa shape index (κ3) is 3.23. The summed E-state index contributed by atoms with van der Waals surface area (Å²) in [5, 5.41) is 9.29. The molecule has 2 atom stereocenters. The number of aryl methyl sites for hydroxylation is 1. The maximum atomic E-state index is 12.9. The molecule has 2 aliphatic heterocycles. The van der Waals surface area contributed by atoms with Gasteiger partial charge in [0.05, 0.1) is 18.2 Å². The number of amides is 2. The summed E-state index contributed by atoms with van der Waals surface area (Å²) in [4.78, 5) is 28.9. The van der Waals surface area contributed by atoms with Crippen LogP contribution in [-0.2, 0) is 16.0 Å². The van der Waals surface area contributed by atoms with Crippen molar-refractivity contribution in [3.8, 4) is 0 Å². The third-order valence-corrected chi connectivity index (χ3v) is 5.26. The molecular formula is C19H26N2O3. The molecule has 0 aromatic heterocycles. The fourth-order valence-electron chi connectivity index (χ4n) is 3.92. The number of aliphatic hydroxyl groups excluding tert-OH is 1. The van der Waals surface area contributed by atoms with Gasteiger partial charge in [0.2, 0.25) is 5.91 Å². The highest BCUT2D eigenvalue weighted by Crippen LogP contribution is 2.30. The summed E-state index contributed by atoms with van der Waals surface area (Å²) in [5.74, 6) is -0.239. The Hall–Kier alpha value is -1.72. The standard InChI is InChI=1S/C19H26N2O3/c1-2-14-6-8-16(9-7-14)21-18(23)13-17(19(21)24)20-11-4-3-5-15(20)10-12-22/h6-9,15,17,22H,2-5,10-13H2,1H3. The molecule has 5 nitrogen and oxygen atoms in total. The summed E-state index contributed by atoms with van der Waals surface area (Å²) in [5.41, 5.74) is 1.86. The topological polar surface area (TPSA) is 60.9 Å². The zero-order valence-electron chi connectivity index (χ0n) is 14.3. The van der Waals surface area contributed by atoms with Gasteiger partial charge in [-0.3, -0.25) is 14.5 Å². The molecule has 0 bridgehead atoms. The minimum Gasteiger partial charge on any atom is -0.396 e. The third-order valence-electron chi connectivity index (χ3n) is 5.26. The molecule has 0 spiro atoms. The highest BCUT2D eigenvalue weighted by molar-refractivity contribution is 6.22. The lowest BCUT2D eigenvalue weighted by molar-refractivity contribution is -0.123. The number of imide groups is 1. The quantitative estimate of drug-likeness (QED) is 0.840. The summed E-state index contributed by atoms with van der Waals surface area (Å²) in [6.07, 6.45) is 5.01. The maximum absolute atomic E-state index is 12.9. The van der Waals surface area contributed by atoms with Crippen LogP contribution >= 0.6 is 0 Å². The molecule has 0 saturated carbocycles. The van der Waals surface area contributed by atoms with Gasteiger partial charge in [-0.2, -0.15) is 0 Å². The minimum atomic E-state index is -0.375. The van der Waals surface area contributed by atoms with Gasteiger partial charge in [-0.1, -0.05) is 25.5 Å². The fraction of sp³-hybridized carbons (Fsp3) is 0.579. The Kier molecular flexibility index (Phi) is 5.31. The van der Waals surface area contributed by atoms with Gasteiger partial charge in [0, 0.05) is 12.6 Å². The van der Waals surface area contributed by atoms with E-state index < -0.39 is 0 Å². The number of benzene rings is 1. The van der Waals surface area contributed by atoms with Crippen LogP contribution in [0, 0.1) is 0 Å². The van der Waals surface area contributed by atoms with E-state index in [-0.39, 0.29) is 36.9 Å². The summed E-state index contributed by atoms with van der Waals surface area (Å²) < 4.78 is 0. The van der Waals surface area contributed by atoms with Crippen LogP contribution in [0.25, 0.3) is 0 Å². The van der Waals surface area contributed by atoms with Gasteiger partial charge >= 0.3 is 0 Å². The molecule has 0 aliphatic carbocycles. The Morgan fingerprint density at radius 3 is 2.58 bits per heavy atom. The molecule has 130 valence electrons. The van der Waals surface area contributed by atoms with Gasteiger partial charge in [-0.25, -0.2) is 4.90 Å². The van der Waals surface area contributed by atoms with E-state index in [9.17, 15) is 14.7 Å². The van der Waals surface area contributed by atoms with E-state index in [0.717, 1.165) is 32.2 Å². The van der Waals surface area contributed by atoms with Gasteiger partial charge < -0.3 is 5.11 Å². The number of rotatable bonds is 5. The highest BCUT2D eigenvalue weighted by Gasteiger charge is 2.44. The molecule has 1 aromatic carbocycles. The van der Waals surface area contributed by atoms with Crippen molar-refractivity contribution in [2.45, 2.75) is 57.5 Å². The van der Waals surface area contributed by atoms with Crippen molar-refractivity contribution >= 4 is 17.5 Å². The summed E-state index contributed by atoms with van der Waals surface area (Å²) in [6.45, 7) is 3.03. The fourth-order valence-corrected chi connectivity index (χ4v) is 3.92. The molecule has 2 amide bonds. The average molecular weight is 330 g/mol. The minimum absolute atomic E-state index is 0.117. The molecular weight excluding hydrogens is 304 g/mol. The number of carbonyl (C=O) groups excluding carboxylic acids is 2. The first-order valence-corrected chi connectivity index (χ1v) is 8.98. The molecule has 5 heteroatoms. The summed E-state index contributed by atoms with van der Waals surface area (Å²) in [7, 11) is 0. The van der Waals surface area contributed by atoms with Crippen LogP contribution in [0.1, 0.15) is 44.6 Å². The van der Waals surface area contributed by atoms with Crippen molar-refractivity contribution in [3.05, 3.63) is 29.8 Å². The molecule has 1 N–H and O–H groups in total. The zero-order chi connectivity index (χ0) is 17.1. The van der Waals surface area contributed by atoms with Gasteiger partial charge in [0.15, 0.2) is 0 Å². The van der Waals surface area contributed by atoms with Crippen LogP contribution < -0.4 is 4.90 Å². The Balaban J connectivity index is 1.79. The van der Waals surface area contributed by atoms with Crippen LogP contribution in [0.3, 0.4) is 0 Å². The van der Waals surface area contributed by atoms with E-state index >= 15 is 0 Å². The number of hydrogen-bond donors (Lipinski definition) is 1. The second-order valence-corrected chi connectivity index (χ2v) is 6.71. The lowest BCUT2D eigenvalue weighted by atomic mass is 9.97. The SMILES string of the molecule is CCc1ccc(N2C(=O)CC(N3CCCCC3CCO)C2=O)cc1. The maximum Gasteiger partial charge on any atom is 0.251 e. The number of aliphatic hydroxyl groups is 1. The first kappa shape index (κ1) is 17.1. The first-order valence-electron chi connectivity index (χ1n) is 8.98. The Morgan fingerprint density at radius 1 is 1.17 bits per heavy atom. The molecule has 1 aromatic rings. The van der Waals surface area contributed by atoms with Crippen molar-refractivity contribution in [2.24, 2.45) is 0 Å². The van der Waals surface area contributed by atoms with Crippen molar-refractivity contribution in [1.29, 1.82) is 0 Å². The van der Waals surface area contributed by atoms with E-state index in [1.807, 2.05) is 24.3 Å². The molecule has 2 fully saturated rings. The van der Waals surface area contributed by atoms with Gasteiger partial charge in [-0.15, -0.1) is 0 Å². The first-order chi connectivity index (χ1) is 11.7. The number of hydrogen-bond acceptors (Lipinski definition) is 4. The van der Waals surface area contributed by atoms with E-state index in [1.54, 1.807) is 0 Å². The average Bonchev–Trinajstić information content (AvgIpc) is 2.90. The summed E-state index contributed by atoms with van der Waals surface area (Å²) in [6, 6.07) is 7.49. The number of nitrogens with zero attached hydrogens (tertiary/aromatic N) is 2. The molecule has 2 heterocycles. The van der Waals surface area contributed by atoms with E-state index in [4.69, 9.17) is 0 Å². The van der Waals surface area contributed by atoms with Crippen LogP contribution in [0.2, 0.25) is 0 Å². The number of carbonyl (C=O) groups is 2. The Bertz CT molecular complexity index is 597. The van der Waals surface area contributed by atoms with Gasteiger partial charge in [0.1, 0.15) is 0 Å². The van der Waals surface area contributed by atoms with Crippen LogP contribution in [0.4, 0.5) is 5.69 Å². The van der Waals surface area contributed by atoms with E-state index in [1.165, 1.54) is 10.5 Å². The van der Waals surface area contributed by atoms with Crippen molar-refractivity contribution in [3.63, 3.8) is 0 Å². The normalized spacial score (nSPS) is 25.5. The molecule has 3 rings (SSSR count). The number of piperidine rings is 1. The summed E-state index contributed by atoms with van der Waals surface area (Å²) >= 11 is 0. The van der Waals surface area contributed by atoms with Gasteiger partial charge in [0.25, 0.3) is 5.91 Å². The molecule has 2 unspecified atom stereocenters. The second kappa shape index (κ2) is 7.45. The predicted octanol–water partition coefficient (Wildman–Crippen LogP) is 2.12. The van der Waals surface area contributed by atoms with Crippen LogP contribution in [0.15, 0.2) is 24.3 Å². The van der Waals surface area contributed by atoms with Crippen molar-refractivity contribution < 1.29 is 14.7 Å².